The van der Waals surface area contributed by atoms with Crippen LogP contribution in [0.1, 0.15) is 126 Å². The van der Waals surface area contributed by atoms with Crippen molar-refractivity contribution in [1.29, 1.82) is 0 Å². The first kappa shape index (κ1) is 21.6. The lowest BCUT2D eigenvalue weighted by atomic mass is 9.42. The number of hydrogen-bond acceptors (Lipinski definition) is 0. The topological polar surface area (TPSA) is 0 Å². The van der Waals surface area contributed by atoms with Gasteiger partial charge in [0.2, 0.25) is 0 Å². The summed E-state index contributed by atoms with van der Waals surface area (Å²) in [6.45, 7) is 17.9. The second-order valence-corrected chi connectivity index (χ2v) is 14.3. The van der Waals surface area contributed by atoms with Crippen LogP contribution in [0.2, 0.25) is 0 Å². The van der Waals surface area contributed by atoms with Gasteiger partial charge in [-0.2, -0.15) is 0 Å². The first-order valence-electron chi connectivity index (χ1n) is 13.7. The first-order valence-corrected chi connectivity index (χ1v) is 13.7. The largest absolute Gasteiger partial charge is 0.0859 e. The lowest BCUT2D eigenvalue weighted by Gasteiger charge is -2.63. The van der Waals surface area contributed by atoms with Crippen LogP contribution in [0.3, 0.4) is 0 Å². The van der Waals surface area contributed by atoms with Crippen LogP contribution in [0.4, 0.5) is 0 Å². The standard InChI is InChI=1S/C30H50/c1-21(2)10-8-11-22(3)23-14-17-28(7)25-13-12-24-26(4,5)15-9-16-29(24)20-30(25,29)19-18-27(23,28)6/h10,22-25H,8-9,11-20H2,1-7H3/t22-,23-,24+,25+,27-,28+,29-,30+/m1/s1. The zero-order chi connectivity index (χ0) is 21.6. The first-order chi connectivity index (χ1) is 14.0. The molecule has 0 aliphatic heterocycles. The third-order valence-electron chi connectivity index (χ3n) is 12.8. The maximum absolute atomic E-state index is 2.79. The molecule has 5 rings (SSSR count). The third kappa shape index (κ3) is 2.58. The summed E-state index contributed by atoms with van der Waals surface area (Å²) in [5, 5.41) is 0. The zero-order valence-corrected chi connectivity index (χ0v) is 21.4. The molecule has 30 heavy (non-hydrogen) atoms. The van der Waals surface area contributed by atoms with E-state index >= 15 is 0 Å². The van der Waals surface area contributed by atoms with Gasteiger partial charge in [-0.3, -0.25) is 0 Å². The van der Waals surface area contributed by atoms with E-state index in [4.69, 9.17) is 0 Å². The van der Waals surface area contributed by atoms with E-state index in [2.05, 4.69) is 54.5 Å². The van der Waals surface area contributed by atoms with Gasteiger partial charge in [0.25, 0.3) is 0 Å². The van der Waals surface area contributed by atoms with Crippen molar-refractivity contribution in [3.8, 4) is 0 Å². The van der Waals surface area contributed by atoms with Gasteiger partial charge in [-0.1, -0.05) is 52.7 Å². The number of allylic oxidation sites excluding steroid dienone is 2. The summed E-state index contributed by atoms with van der Waals surface area (Å²) in [6, 6.07) is 0. The summed E-state index contributed by atoms with van der Waals surface area (Å²) in [5.74, 6) is 3.91. The van der Waals surface area contributed by atoms with E-state index in [9.17, 15) is 0 Å². The number of hydrogen-bond donors (Lipinski definition) is 0. The Bertz CT molecular complexity index is 724. The second kappa shape index (κ2) is 6.63. The molecule has 0 heteroatoms. The number of rotatable bonds is 4. The quantitative estimate of drug-likeness (QED) is 0.405. The van der Waals surface area contributed by atoms with Gasteiger partial charge in [0.05, 0.1) is 0 Å². The normalized spacial score (nSPS) is 51.8. The third-order valence-corrected chi connectivity index (χ3v) is 12.8. The molecule has 0 nitrogen and oxygen atoms in total. The van der Waals surface area contributed by atoms with Crippen molar-refractivity contribution in [2.24, 2.45) is 50.7 Å². The van der Waals surface area contributed by atoms with Crippen LogP contribution >= 0.6 is 0 Å². The minimum absolute atomic E-state index is 0.591. The van der Waals surface area contributed by atoms with E-state index in [1.165, 1.54) is 50.5 Å². The Morgan fingerprint density at radius 1 is 0.833 bits per heavy atom. The maximum atomic E-state index is 2.79. The number of fused-ring (bicyclic) bond motifs is 2. The molecule has 170 valence electrons. The molecule has 0 aromatic heterocycles. The van der Waals surface area contributed by atoms with Crippen LogP contribution in [0.15, 0.2) is 11.6 Å². The Balaban J connectivity index is 1.40. The van der Waals surface area contributed by atoms with Crippen molar-refractivity contribution in [1.82, 2.24) is 0 Å². The van der Waals surface area contributed by atoms with E-state index in [1.54, 1.807) is 32.1 Å². The summed E-state index contributed by atoms with van der Waals surface area (Å²) in [7, 11) is 0. The summed E-state index contributed by atoms with van der Waals surface area (Å²) < 4.78 is 0. The summed E-state index contributed by atoms with van der Waals surface area (Å²) >= 11 is 0. The van der Waals surface area contributed by atoms with E-state index in [1.807, 2.05) is 0 Å². The lowest BCUT2D eigenvalue weighted by Crippen LogP contribution is -2.56. The molecule has 8 atom stereocenters. The molecular weight excluding hydrogens is 360 g/mol. The van der Waals surface area contributed by atoms with Crippen LogP contribution < -0.4 is 0 Å². The molecule has 5 aliphatic rings. The highest BCUT2D eigenvalue weighted by Crippen LogP contribution is 2.89. The van der Waals surface area contributed by atoms with Gasteiger partial charge in [0.1, 0.15) is 0 Å². The van der Waals surface area contributed by atoms with Gasteiger partial charge < -0.3 is 0 Å². The Kier molecular flexibility index (Phi) is 4.77. The Hall–Kier alpha value is -0.260. The molecule has 0 amide bonds. The van der Waals surface area contributed by atoms with E-state index < -0.39 is 0 Å². The Morgan fingerprint density at radius 3 is 2.27 bits per heavy atom. The highest BCUT2D eigenvalue weighted by molar-refractivity contribution is 5.30. The summed E-state index contributed by atoms with van der Waals surface area (Å²) in [6.07, 6.45) is 20.6. The molecule has 0 unspecified atom stereocenters. The average molecular weight is 411 g/mol. The average Bonchev–Trinajstić information content (AvgIpc) is 3.23. The van der Waals surface area contributed by atoms with Gasteiger partial charge in [0, 0.05) is 0 Å². The van der Waals surface area contributed by atoms with E-state index in [0.717, 1.165) is 34.5 Å². The SMILES string of the molecule is CC(C)=CCC[C@@H](C)[C@H]1CC[C@@]2(C)[C@@H]3CC[C@H]4C(C)(C)CCC[C@@]45C[C@@]35CC[C@]12C. The van der Waals surface area contributed by atoms with Gasteiger partial charge in [-0.25, -0.2) is 0 Å². The highest BCUT2D eigenvalue weighted by atomic mass is 14.9. The molecule has 0 bridgehead atoms. The monoisotopic (exact) mass is 410 g/mol. The minimum atomic E-state index is 0.591. The molecule has 5 saturated carbocycles. The van der Waals surface area contributed by atoms with Gasteiger partial charge >= 0.3 is 0 Å². The lowest BCUT2D eigenvalue weighted by molar-refractivity contribution is -0.142. The van der Waals surface area contributed by atoms with Gasteiger partial charge in [-0.15, -0.1) is 0 Å². The molecular formula is C30H50. The molecule has 0 saturated heterocycles. The van der Waals surface area contributed by atoms with Crippen LogP contribution in [0.25, 0.3) is 0 Å². The van der Waals surface area contributed by atoms with Crippen molar-refractivity contribution in [3.63, 3.8) is 0 Å². The molecule has 2 spiro atoms. The van der Waals surface area contributed by atoms with Crippen molar-refractivity contribution >= 4 is 0 Å². The smallest absolute Gasteiger partial charge is 0.0198 e. The fraction of sp³-hybridized carbons (Fsp3) is 0.933. The predicted octanol–water partition coefficient (Wildman–Crippen LogP) is 9.20. The predicted molar refractivity (Wildman–Crippen MR) is 129 cm³/mol. The van der Waals surface area contributed by atoms with Crippen LogP contribution in [0, 0.1) is 50.7 Å². The highest BCUT2D eigenvalue weighted by Gasteiger charge is 2.81. The van der Waals surface area contributed by atoms with Gasteiger partial charge in [-0.05, 0) is 135 Å². The fourth-order valence-electron chi connectivity index (χ4n) is 11.2. The second-order valence-electron chi connectivity index (χ2n) is 14.3. The van der Waals surface area contributed by atoms with Crippen molar-refractivity contribution < 1.29 is 0 Å². The van der Waals surface area contributed by atoms with Crippen molar-refractivity contribution in [3.05, 3.63) is 11.6 Å². The molecule has 0 aromatic rings. The molecule has 0 aromatic carbocycles. The molecule has 5 aliphatic carbocycles. The van der Waals surface area contributed by atoms with Crippen molar-refractivity contribution in [2.45, 2.75) is 126 Å². The molecule has 0 heterocycles. The van der Waals surface area contributed by atoms with Crippen LogP contribution in [-0.4, -0.2) is 0 Å². The maximum Gasteiger partial charge on any atom is -0.0198 e. The minimum Gasteiger partial charge on any atom is -0.0859 e. The Morgan fingerprint density at radius 2 is 1.53 bits per heavy atom. The fourth-order valence-corrected chi connectivity index (χ4v) is 11.2. The summed E-state index contributed by atoms with van der Waals surface area (Å²) in [5.41, 5.74) is 4.81. The Labute approximate surface area is 188 Å². The zero-order valence-electron chi connectivity index (χ0n) is 21.4. The van der Waals surface area contributed by atoms with Crippen molar-refractivity contribution in [2.75, 3.05) is 0 Å². The molecule has 0 radical (unpaired) electrons. The molecule has 0 N–H and O–H groups in total. The van der Waals surface area contributed by atoms with Gasteiger partial charge in [0.15, 0.2) is 0 Å². The molecule has 5 fully saturated rings. The van der Waals surface area contributed by atoms with Crippen LogP contribution in [-0.2, 0) is 0 Å². The van der Waals surface area contributed by atoms with Crippen LogP contribution in [0.5, 0.6) is 0 Å². The summed E-state index contributed by atoms with van der Waals surface area (Å²) in [4.78, 5) is 0. The van der Waals surface area contributed by atoms with E-state index in [0.29, 0.717) is 16.2 Å². The van der Waals surface area contributed by atoms with E-state index in [-0.39, 0.29) is 0 Å².